The third-order valence-corrected chi connectivity index (χ3v) is 2.49. The zero-order chi connectivity index (χ0) is 11.8. The highest BCUT2D eigenvalue weighted by molar-refractivity contribution is 5.85. The molecule has 0 saturated carbocycles. The maximum Gasteiger partial charge on any atom is 0.433 e. The molecule has 0 radical (unpaired) electrons. The minimum absolute atomic E-state index is 0. The van der Waals surface area contributed by atoms with E-state index in [0.29, 0.717) is 13.1 Å². The van der Waals surface area contributed by atoms with E-state index < -0.39 is 11.9 Å². The molecule has 0 bridgehead atoms. The standard InChI is InChI=1S/C9H11F3N4.2ClH/c10-9(11,12)7-3-8(15-5-14-7)16-2-1-6(13)4-16;;/h3,5-6H,1-2,4,13H2;2*1H. The molecule has 2 rings (SSSR count). The Kier molecular flexibility index (Phi) is 6.12. The van der Waals surface area contributed by atoms with E-state index >= 15 is 0 Å². The summed E-state index contributed by atoms with van der Waals surface area (Å²) in [6, 6.07) is 0.960. The van der Waals surface area contributed by atoms with Gasteiger partial charge in [-0.2, -0.15) is 13.2 Å². The zero-order valence-electron chi connectivity index (χ0n) is 9.22. The fourth-order valence-corrected chi connectivity index (χ4v) is 1.67. The normalized spacial score (nSPS) is 19.1. The summed E-state index contributed by atoms with van der Waals surface area (Å²) in [6.45, 7) is 1.17. The van der Waals surface area contributed by atoms with Gasteiger partial charge in [-0.3, -0.25) is 0 Å². The lowest BCUT2D eigenvalue weighted by molar-refractivity contribution is -0.141. The quantitative estimate of drug-likeness (QED) is 0.861. The summed E-state index contributed by atoms with van der Waals surface area (Å²) in [6.07, 6.45) is -2.73. The molecule has 4 nitrogen and oxygen atoms in total. The Hall–Kier alpha value is -0.790. The second-order valence-corrected chi connectivity index (χ2v) is 3.75. The van der Waals surface area contributed by atoms with E-state index in [-0.39, 0.29) is 36.7 Å². The van der Waals surface area contributed by atoms with Crippen LogP contribution < -0.4 is 10.6 Å². The Morgan fingerprint density at radius 2 is 1.94 bits per heavy atom. The van der Waals surface area contributed by atoms with Crippen molar-refractivity contribution in [2.24, 2.45) is 5.73 Å². The molecule has 2 heterocycles. The third-order valence-electron chi connectivity index (χ3n) is 2.49. The van der Waals surface area contributed by atoms with Gasteiger partial charge in [-0.05, 0) is 6.42 Å². The minimum atomic E-state index is -4.43. The van der Waals surface area contributed by atoms with Gasteiger partial charge in [-0.15, -0.1) is 24.8 Å². The first-order chi connectivity index (χ1) is 7.47. The van der Waals surface area contributed by atoms with Gasteiger partial charge in [0.15, 0.2) is 0 Å². The van der Waals surface area contributed by atoms with Crippen LogP contribution in [0.5, 0.6) is 0 Å². The second kappa shape index (κ2) is 6.40. The molecular weight excluding hydrogens is 292 g/mol. The maximum atomic E-state index is 12.4. The number of halogens is 5. The fraction of sp³-hybridized carbons (Fsp3) is 0.556. The van der Waals surface area contributed by atoms with Crippen LogP contribution in [0.4, 0.5) is 19.0 Å². The lowest BCUT2D eigenvalue weighted by atomic mass is 10.3. The van der Waals surface area contributed by atoms with E-state index in [9.17, 15) is 13.2 Å². The topological polar surface area (TPSA) is 55.0 Å². The molecule has 0 aromatic carbocycles. The van der Waals surface area contributed by atoms with Crippen LogP contribution in [-0.2, 0) is 6.18 Å². The third kappa shape index (κ3) is 3.86. The van der Waals surface area contributed by atoms with Gasteiger partial charge in [0.05, 0.1) is 0 Å². The Bertz CT molecular complexity index is 388. The average molecular weight is 305 g/mol. The summed E-state index contributed by atoms with van der Waals surface area (Å²) in [5.74, 6) is 0.287. The van der Waals surface area contributed by atoms with Crippen LogP contribution in [0.25, 0.3) is 0 Å². The number of nitrogens with zero attached hydrogens (tertiary/aromatic N) is 3. The van der Waals surface area contributed by atoms with Crippen LogP contribution >= 0.6 is 24.8 Å². The number of hydrogen-bond acceptors (Lipinski definition) is 4. The van der Waals surface area contributed by atoms with E-state index in [0.717, 1.165) is 18.8 Å². The first-order valence-corrected chi connectivity index (χ1v) is 4.86. The molecular formula is C9H13Cl2F3N4. The summed E-state index contributed by atoms with van der Waals surface area (Å²) in [7, 11) is 0. The van der Waals surface area contributed by atoms with Crippen molar-refractivity contribution < 1.29 is 13.2 Å². The van der Waals surface area contributed by atoms with Crippen LogP contribution in [0.2, 0.25) is 0 Å². The zero-order valence-corrected chi connectivity index (χ0v) is 10.9. The predicted molar refractivity (Wildman–Crippen MR) is 66.3 cm³/mol. The van der Waals surface area contributed by atoms with E-state index in [4.69, 9.17) is 5.73 Å². The number of anilines is 1. The summed E-state index contributed by atoms with van der Waals surface area (Å²) < 4.78 is 37.2. The highest BCUT2D eigenvalue weighted by Crippen LogP contribution is 2.29. The Morgan fingerprint density at radius 1 is 1.28 bits per heavy atom. The maximum absolute atomic E-state index is 12.4. The molecule has 1 aliphatic rings. The van der Waals surface area contributed by atoms with Crippen LogP contribution in [-0.4, -0.2) is 29.1 Å². The number of alkyl halides is 3. The van der Waals surface area contributed by atoms with Crippen molar-refractivity contribution in [3.05, 3.63) is 18.1 Å². The number of aromatic nitrogens is 2. The Morgan fingerprint density at radius 3 is 2.44 bits per heavy atom. The molecule has 18 heavy (non-hydrogen) atoms. The summed E-state index contributed by atoms with van der Waals surface area (Å²) in [5.41, 5.74) is 4.76. The molecule has 2 N–H and O–H groups in total. The smallest absolute Gasteiger partial charge is 0.355 e. The predicted octanol–water partition coefficient (Wildman–Crippen LogP) is 1.88. The van der Waals surface area contributed by atoms with Gasteiger partial charge in [0, 0.05) is 25.2 Å². The van der Waals surface area contributed by atoms with Crippen molar-refractivity contribution in [3.63, 3.8) is 0 Å². The molecule has 1 atom stereocenters. The molecule has 1 saturated heterocycles. The summed E-state index contributed by atoms with van der Waals surface area (Å²) >= 11 is 0. The molecule has 1 unspecified atom stereocenters. The largest absolute Gasteiger partial charge is 0.433 e. The van der Waals surface area contributed by atoms with E-state index in [2.05, 4.69) is 9.97 Å². The number of rotatable bonds is 1. The lowest BCUT2D eigenvalue weighted by Gasteiger charge is -2.17. The van der Waals surface area contributed by atoms with Gasteiger partial charge in [-0.1, -0.05) is 0 Å². The van der Waals surface area contributed by atoms with Crippen LogP contribution in [0.1, 0.15) is 12.1 Å². The molecule has 0 amide bonds. The van der Waals surface area contributed by atoms with Crippen molar-refractivity contribution in [2.75, 3.05) is 18.0 Å². The van der Waals surface area contributed by atoms with Crippen molar-refractivity contribution in [2.45, 2.75) is 18.6 Å². The van der Waals surface area contributed by atoms with E-state index in [1.807, 2.05) is 0 Å². The first kappa shape index (κ1) is 17.2. The molecule has 1 aromatic heterocycles. The first-order valence-electron chi connectivity index (χ1n) is 4.86. The fourth-order valence-electron chi connectivity index (χ4n) is 1.67. The lowest BCUT2D eigenvalue weighted by Crippen LogP contribution is -2.27. The van der Waals surface area contributed by atoms with E-state index in [1.165, 1.54) is 0 Å². The van der Waals surface area contributed by atoms with Crippen LogP contribution in [0.15, 0.2) is 12.4 Å². The molecule has 0 aliphatic carbocycles. The van der Waals surface area contributed by atoms with Gasteiger partial charge in [0.2, 0.25) is 0 Å². The van der Waals surface area contributed by atoms with Gasteiger partial charge < -0.3 is 10.6 Å². The van der Waals surface area contributed by atoms with Crippen molar-refractivity contribution in [1.82, 2.24) is 9.97 Å². The van der Waals surface area contributed by atoms with Crippen LogP contribution in [0, 0.1) is 0 Å². The van der Waals surface area contributed by atoms with Crippen molar-refractivity contribution >= 4 is 30.6 Å². The minimum Gasteiger partial charge on any atom is -0.355 e. The molecule has 9 heteroatoms. The van der Waals surface area contributed by atoms with Crippen LogP contribution in [0.3, 0.4) is 0 Å². The number of nitrogens with two attached hydrogens (primary N) is 1. The van der Waals surface area contributed by atoms with Gasteiger partial charge >= 0.3 is 6.18 Å². The Labute approximate surface area is 115 Å². The number of hydrogen-bond donors (Lipinski definition) is 1. The van der Waals surface area contributed by atoms with Crippen molar-refractivity contribution in [1.29, 1.82) is 0 Å². The average Bonchev–Trinajstić information content (AvgIpc) is 2.64. The molecule has 104 valence electrons. The molecule has 1 fully saturated rings. The van der Waals surface area contributed by atoms with Gasteiger partial charge in [0.1, 0.15) is 17.8 Å². The molecule has 1 aliphatic heterocycles. The Balaban J connectivity index is 0.00000144. The van der Waals surface area contributed by atoms with Crippen molar-refractivity contribution in [3.8, 4) is 0 Å². The monoisotopic (exact) mass is 304 g/mol. The highest BCUT2D eigenvalue weighted by atomic mass is 35.5. The van der Waals surface area contributed by atoms with Gasteiger partial charge in [-0.25, -0.2) is 9.97 Å². The highest BCUT2D eigenvalue weighted by Gasteiger charge is 2.33. The summed E-state index contributed by atoms with van der Waals surface area (Å²) in [5, 5.41) is 0. The van der Waals surface area contributed by atoms with E-state index in [1.54, 1.807) is 4.90 Å². The molecule has 0 spiro atoms. The molecule has 1 aromatic rings. The second-order valence-electron chi connectivity index (χ2n) is 3.75. The summed E-state index contributed by atoms with van der Waals surface area (Å²) in [4.78, 5) is 8.77. The van der Waals surface area contributed by atoms with Gasteiger partial charge in [0.25, 0.3) is 0 Å². The SMILES string of the molecule is Cl.Cl.NC1CCN(c2cc(C(F)(F)F)ncn2)C1.